The van der Waals surface area contributed by atoms with E-state index in [0.717, 1.165) is 0 Å². The smallest absolute Gasteiger partial charge is 0.238 e. The maximum atomic E-state index is 12.4. The molecule has 3 rings (SSSR count). The zero-order valence-corrected chi connectivity index (χ0v) is 14.7. The molecule has 0 saturated carbocycles. The fourth-order valence-electron chi connectivity index (χ4n) is 3.21. The highest BCUT2D eigenvalue weighted by Gasteiger charge is 2.36. The molecule has 1 aromatic rings. The molecule has 136 valence electrons. The Balaban J connectivity index is 1.44. The molecule has 2 aliphatic heterocycles. The van der Waals surface area contributed by atoms with Gasteiger partial charge in [-0.15, -0.1) is 0 Å². The van der Waals surface area contributed by atoms with E-state index in [2.05, 4.69) is 10.3 Å². The Labute approximate surface area is 147 Å². The van der Waals surface area contributed by atoms with E-state index in [1.54, 1.807) is 29.4 Å². The second-order valence-electron chi connectivity index (χ2n) is 6.49. The SMILES string of the molecule is O=C(CN1CCN(C(=O)[C@@H]2CCS(=O)(=O)C2)CC1)Nc1cccnc1. The molecule has 0 radical (unpaired) electrons. The van der Waals surface area contributed by atoms with Gasteiger partial charge in [-0.25, -0.2) is 8.42 Å². The van der Waals surface area contributed by atoms with Gasteiger partial charge in [0.05, 0.1) is 35.9 Å². The van der Waals surface area contributed by atoms with Gasteiger partial charge >= 0.3 is 0 Å². The highest BCUT2D eigenvalue weighted by molar-refractivity contribution is 7.91. The lowest BCUT2D eigenvalue weighted by molar-refractivity contribution is -0.136. The summed E-state index contributed by atoms with van der Waals surface area (Å²) < 4.78 is 23.0. The molecule has 3 heterocycles. The third-order valence-corrected chi connectivity index (χ3v) is 6.35. The van der Waals surface area contributed by atoms with Gasteiger partial charge in [0, 0.05) is 32.4 Å². The number of rotatable bonds is 4. The molecule has 0 unspecified atom stereocenters. The molecule has 9 heteroatoms. The summed E-state index contributed by atoms with van der Waals surface area (Å²) in [5, 5.41) is 2.79. The minimum absolute atomic E-state index is 0.0282. The molecule has 2 amide bonds. The van der Waals surface area contributed by atoms with Gasteiger partial charge in [-0.05, 0) is 18.6 Å². The Morgan fingerprint density at radius 1 is 1.24 bits per heavy atom. The Morgan fingerprint density at radius 3 is 2.60 bits per heavy atom. The van der Waals surface area contributed by atoms with Crippen LogP contribution < -0.4 is 5.32 Å². The maximum Gasteiger partial charge on any atom is 0.238 e. The third-order valence-electron chi connectivity index (χ3n) is 4.58. The van der Waals surface area contributed by atoms with Crippen molar-refractivity contribution >= 4 is 27.3 Å². The van der Waals surface area contributed by atoms with E-state index < -0.39 is 15.8 Å². The molecule has 1 atom stereocenters. The minimum Gasteiger partial charge on any atom is -0.340 e. The number of carbonyl (C=O) groups is 2. The molecule has 0 aliphatic carbocycles. The summed E-state index contributed by atoms with van der Waals surface area (Å²) in [6, 6.07) is 3.53. The molecular formula is C16H22N4O4S. The first-order chi connectivity index (χ1) is 11.9. The molecule has 0 bridgehead atoms. The van der Waals surface area contributed by atoms with Crippen molar-refractivity contribution in [2.45, 2.75) is 6.42 Å². The summed E-state index contributed by atoms with van der Waals surface area (Å²) in [5.41, 5.74) is 0.656. The summed E-state index contributed by atoms with van der Waals surface area (Å²) in [6.07, 6.45) is 3.65. The van der Waals surface area contributed by atoms with Gasteiger partial charge in [-0.2, -0.15) is 0 Å². The number of aromatic nitrogens is 1. The largest absolute Gasteiger partial charge is 0.340 e. The zero-order valence-electron chi connectivity index (χ0n) is 13.9. The fourth-order valence-corrected chi connectivity index (χ4v) is 4.95. The monoisotopic (exact) mass is 366 g/mol. The molecular weight excluding hydrogens is 344 g/mol. The Hall–Kier alpha value is -2.00. The lowest BCUT2D eigenvalue weighted by Gasteiger charge is -2.35. The van der Waals surface area contributed by atoms with E-state index in [1.165, 1.54) is 0 Å². The number of hydrogen-bond donors (Lipinski definition) is 1. The number of pyridine rings is 1. The van der Waals surface area contributed by atoms with Crippen molar-refractivity contribution < 1.29 is 18.0 Å². The van der Waals surface area contributed by atoms with Crippen LogP contribution in [0.2, 0.25) is 0 Å². The molecule has 2 saturated heterocycles. The van der Waals surface area contributed by atoms with Crippen LogP contribution in [0.3, 0.4) is 0 Å². The number of hydrogen-bond acceptors (Lipinski definition) is 6. The summed E-state index contributed by atoms with van der Waals surface area (Å²) >= 11 is 0. The number of nitrogens with one attached hydrogen (secondary N) is 1. The van der Waals surface area contributed by atoms with E-state index in [9.17, 15) is 18.0 Å². The van der Waals surface area contributed by atoms with Gasteiger partial charge in [0.25, 0.3) is 0 Å². The van der Waals surface area contributed by atoms with Crippen LogP contribution in [0.1, 0.15) is 6.42 Å². The quantitative estimate of drug-likeness (QED) is 0.778. The van der Waals surface area contributed by atoms with Crippen LogP contribution >= 0.6 is 0 Å². The average molecular weight is 366 g/mol. The van der Waals surface area contributed by atoms with Gasteiger partial charge in [-0.1, -0.05) is 0 Å². The van der Waals surface area contributed by atoms with Gasteiger partial charge in [0.1, 0.15) is 0 Å². The minimum atomic E-state index is -3.05. The Bertz CT molecular complexity index is 730. The number of nitrogens with zero attached hydrogens (tertiary/aromatic N) is 3. The van der Waals surface area contributed by atoms with Crippen molar-refractivity contribution in [2.75, 3.05) is 49.5 Å². The van der Waals surface area contributed by atoms with Crippen LogP contribution in [0.15, 0.2) is 24.5 Å². The number of piperazine rings is 1. The molecule has 25 heavy (non-hydrogen) atoms. The molecule has 8 nitrogen and oxygen atoms in total. The highest BCUT2D eigenvalue weighted by Crippen LogP contribution is 2.21. The van der Waals surface area contributed by atoms with Gasteiger partial charge in [0.15, 0.2) is 9.84 Å². The summed E-state index contributed by atoms with van der Waals surface area (Å²) in [6.45, 7) is 2.51. The van der Waals surface area contributed by atoms with Gasteiger partial charge in [0.2, 0.25) is 11.8 Å². The first-order valence-corrected chi connectivity index (χ1v) is 10.2. The van der Waals surface area contributed by atoms with Crippen molar-refractivity contribution in [1.29, 1.82) is 0 Å². The first-order valence-electron chi connectivity index (χ1n) is 8.34. The second-order valence-corrected chi connectivity index (χ2v) is 8.72. The lowest BCUT2D eigenvalue weighted by atomic mass is 10.1. The second kappa shape index (κ2) is 7.49. The van der Waals surface area contributed by atoms with E-state index in [4.69, 9.17) is 0 Å². The van der Waals surface area contributed by atoms with Crippen LogP contribution in [0.5, 0.6) is 0 Å². The summed E-state index contributed by atoms with van der Waals surface area (Å²) in [4.78, 5) is 32.1. The van der Waals surface area contributed by atoms with E-state index >= 15 is 0 Å². The highest BCUT2D eigenvalue weighted by atomic mass is 32.2. The number of anilines is 1. The number of sulfone groups is 1. The van der Waals surface area contributed by atoms with Crippen molar-refractivity contribution in [3.63, 3.8) is 0 Å². The topological polar surface area (TPSA) is 99.7 Å². The van der Waals surface area contributed by atoms with Crippen molar-refractivity contribution in [2.24, 2.45) is 5.92 Å². The normalized spacial score (nSPS) is 23.4. The van der Waals surface area contributed by atoms with Crippen molar-refractivity contribution in [3.8, 4) is 0 Å². The standard InChI is InChI=1S/C16H22N4O4S/c21-15(18-14-2-1-4-17-10-14)11-19-5-7-20(8-6-19)16(22)13-3-9-25(23,24)12-13/h1-2,4,10,13H,3,5-9,11-12H2,(H,18,21)/t13-/m1/s1. The lowest BCUT2D eigenvalue weighted by Crippen LogP contribution is -2.51. The molecule has 0 spiro atoms. The Kier molecular flexibility index (Phi) is 5.33. The van der Waals surface area contributed by atoms with E-state index in [-0.39, 0.29) is 29.9 Å². The van der Waals surface area contributed by atoms with Crippen molar-refractivity contribution in [1.82, 2.24) is 14.8 Å². The number of carbonyl (C=O) groups excluding carboxylic acids is 2. The van der Waals surface area contributed by atoms with E-state index in [1.807, 2.05) is 4.90 Å². The third kappa shape index (κ3) is 4.76. The maximum absolute atomic E-state index is 12.4. The predicted octanol–water partition coefficient (Wildman–Crippen LogP) is -0.401. The van der Waals surface area contributed by atoms with Gasteiger partial charge < -0.3 is 10.2 Å². The molecule has 0 aromatic carbocycles. The molecule has 2 fully saturated rings. The number of amides is 2. The fraction of sp³-hybridized carbons (Fsp3) is 0.562. The molecule has 1 N–H and O–H groups in total. The van der Waals surface area contributed by atoms with Gasteiger partial charge in [-0.3, -0.25) is 19.5 Å². The summed E-state index contributed by atoms with van der Waals surface area (Å²) in [7, 11) is -3.05. The summed E-state index contributed by atoms with van der Waals surface area (Å²) in [5.74, 6) is -0.502. The molecule has 2 aliphatic rings. The van der Waals surface area contributed by atoms with E-state index in [0.29, 0.717) is 38.3 Å². The van der Waals surface area contributed by atoms with Crippen LogP contribution in [0.4, 0.5) is 5.69 Å². The van der Waals surface area contributed by atoms with Crippen molar-refractivity contribution in [3.05, 3.63) is 24.5 Å². The van der Waals surface area contributed by atoms with Crippen LogP contribution in [-0.2, 0) is 19.4 Å². The van der Waals surface area contributed by atoms with Crippen LogP contribution in [0, 0.1) is 5.92 Å². The first kappa shape index (κ1) is 17.8. The molecule has 1 aromatic heterocycles. The average Bonchev–Trinajstić information content (AvgIpc) is 2.96. The Morgan fingerprint density at radius 2 is 2.00 bits per heavy atom. The predicted molar refractivity (Wildman–Crippen MR) is 92.6 cm³/mol. The van der Waals surface area contributed by atoms with Crippen LogP contribution in [-0.4, -0.2) is 79.2 Å². The zero-order chi connectivity index (χ0) is 17.9. The van der Waals surface area contributed by atoms with Crippen LogP contribution in [0.25, 0.3) is 0 Å².